The van der Waals surface area contributed by atoms with Gasteiger partial charge in [0.15, 0.2) is 0 Å². The van der Waals surface area contributed by atoms with E-state index < -0.39 is 34.7 Å². The number of pyridine rings is 2. The maximum absolute atomic E-state index is 13.3. The highest BCUT2D eigenvalue weighted by atomic mass is 32.2. The van der Waals surface area contributed by atoms with Crippen molar-refractivity contribution in [1.82, 2.24) is 14.9 Å². The van der Waals surface area contributed by atoms with E-state index in [1.807, 2.05) is 0 Å². The van der Waals surface area contributed by atoms with Crippen molar-refractivity contribution in [3.05, 3.63) is 72.1 Å². The zero-order valence-corrected chi connectivity index (χ0v) is 20.6. The fourth-order valence-corrected chi connectivity index (χ4v) is 4.26. The number of benzene rings is 1. The largest absolute Gasteiger partial charge is 0.446 e. The average molecular weight is 556 g/mol. The van der Waals surface area contributed by atoms with E-state index in [-0.39, 0.29) is 40.5 Å². The Balaban J connectivity index is 1.51. The summed E-state index contributed by atoms with van der Waals surface area (Å²) in [6.07, 6.45) is -2.41. The van der Waals surface area contributed by atoms with Crippen LogP contribution in [0.4, 0.5) is 48.5 Å². The van der Waals surface area contributed by atoms with Crippen LogP contribution >= 0.6 is 11.8 Å². The van der Waals surface area contributed by atoms with Gasteiger partial charge in [0.2, 0.25) is 0 Å². The zero-order chi connectivity index (χ0) is 27.9. The number of rotatable bonds is 6. The van der Waals surface area contributed by atoms with Gasteiger partial charge < -0.3 is 10.2 Å². The van der Waals surface area contributed by atoms with E-state index in [9.17, 15) is 35.9 Å². The number of carbonyl (C=O) groups is 2. The molecule has 0 radical (unpaired) electrons. The molecule has 1 fully saturated rings. The molecular formula is C24H19F6N5O2S. The number of hydrogen-bond donors (Lipinski definition) is 1. The molecule has 4 rings (SSSR count). The molecule has 1 saturated heterocycles. The SMILES string of the molecule is CC1(C)C(=O)N(c2ccc(SC(F)(F)F)cc2)C(=O)N1Cc1ccnc(Nc2ccc(C(F)(F)F)cn2)c1. The fraction of sp³-hybridized carbons (Fsp3) is 0.250. The number of carbonyl (C=O) groups excluding carboxylic acids is 2. The Hall–Kier alpha value is -3.81. The second-order valence-corrected chi connectivity index (χ2v) is 9.85. The molecule has 38 heavy (non-hydrogen) atoms. The first-order valence-corrected chi connectivity index (χ1v) is 11.7. The first-order chi connectivity index (χ1) is 17.6. The summed E-state index contributed by atoms with van der Waals surface area (Å²) in [6.45, 7) is 3.08. The molecule has 0 unspecified atom stereocenters. The van der Waals surface area contributed by atoms with E-state index >= 15 is 0 Å². The highest BCUT2D eigenvalue weighted by Gasteiger charge is 2.51. The van der Waals surface area contributed by atoms with Gasteiger partial charge in [0.1, 0.15) is 17.2 Å². The Bertz CT molecular complexity index is 1340. The Morgan fingerprint density at radius 1 is 0.921 bits per heavy atom. The molecule has 7 nitrogen and oxygen atoms in total. The number of amides is 3. The monoisotopic (exact) mass is 555 g/mol. The van der Waals surface area contributed by atoms with Crippen LogP contribution in [0.5, 0.6) is 0 Å². The normalized spacial score (nSPS) is 15.8. The Kier molecular flexibility index (Phi) is 7.03. The van der Waals surface area contributed by atoms with Crippen molar-refractivity contribution in [2.24, 2.45) is 0 Å². The molecular weight excluding hydrogens is 536 g/mol. The van der Waals surface area contributed by atoms with E-state index in [0.29, 0.717) is 11.8 Å². The predicted octanol–water partition coefficient (Wildman–Crippen LogP) is 6.60. The molecule has 1 aliphatic heterocycles. The smallest absolute Gasteiger partial charge is 0.325 e. The number of aromatic nitrogens is 2. The molecule has 1 aliphatic rings. The number of halogens is 6. The molecule has 0 spiro atoms. The molecule has 1 N–H and O–H groups in total. The number of nitrogens with one attached hydrogen (secondary N) is 1. The van der Waals surface area contributed by atoms with Crippen molar-refractivity contribution in [2.75, 3.05) is 10.2 Å². The van der Waals surface area contributed by atoms with Crippen molar-refractivity contribution >= 4 is 41.0 Å². The van der Waals surface area contributed by atoms with Crippen molar-refractivity contribution in [1.29, 1.82) is 0 Å². The molecule has 200 valence electrons. The van der Waals surface area contributed by atoms with Crippen LogP contribution in [-0.4, -0.2) is 37.9 Å². The molecule has 1 aromatic carbocycles. The standard InChI is InChI=1S/C24H19F6N5O2S/c1-22(2)20(36)35(16-4-6-17(7-5-16)38-24(28,29)30)21(37)34(22)13-14-9-10-31-19(11-14)33-18-8-3-15(12-32-18)23(25,26)27/h3-12H,13H2,1-2H3,(H,31,32,33). The van der Waals surface area contributed by atoms with E-state index in [0.717, 1.165) is 17.0 Å². The average Bonchev–Trinajstić information content (AvgIpc) is 2.98. The van der Waals surface area contributed by atoms with Crippen molar-refractivity contribution in [3.8, 4) is 0 Å². The maximum atomic E-state index is 13.3. The zero-order valence-electron chi connectivity index (χ0n) is 19.8. The number of hydrogen-bond acceptors (Lipinski definition) is 6. The van der Waals surface area contributed by atoms with Crippen molar-refractivity contribution in [2.45, 2.75) is 42.5 Å². The summed E-state index contributed by atoms with van der Waals surface area (Å²) in [7, 11) is 0. The summed E-state index contributed by atoms with van der Waals surface area (Å²) in [5, 5.41) is 2.79. The quantitative estimate of drug-likeness (QED) is 0.210. The summed E-state index contributed by atoms with van der Waals surface area (Å²) in [4.78, 5) is 36.4. The highest BCUT2D eigenvalue weighted by molar-refractivity contribution is 8.00. The number of alkyl halides is 6. The minimum atomic E-state index is -4.52. The topological polar surface area (TPSA) is 78.4 Å². The molecule has 3 amide bonds. The molecule has 0 saturated carbocycles. The van der Waals surface area contributed by atoms with Crippen LogP contribution in [0.3, 0.4) is 0 Å². The van der Waals surface area contributed by atoms with E-state index in [2.05, 4.69) is 15.3 Å². The maximum Gasteiger partial charge on any atom is 0.446 e. The second-order valence-electron chi connectivity index (χ2n) is 8.71. The lowest BCUT2D eigenvalue weighted by molar-refractivity contribution is -0.137. The van der Waals surface area contributed by atoms with Crippen LogP contribution in [0.25, 0.3) is 0 Å². The van der Waals surface area contributed by atoms with Gasteiger partial charge in [-0.05, 0) is 79.7 Å². The number of thioether (sulfide) groups is 1. The van der Waals surface area contributed by atoms with Crippen molar-refractivity contribution < 1.29 is 35.9 Å². The lowest BCUT2D eigenvalue weighted by atomic mass is 10.0. The van der Waals surface area contributed by atoms with Gasteiger partial charge in [-0.3, -0.25) is 4.79 Å². The third-order valence-electron chi connectivity index (χ3n) is 5.66. The molecule has 14 heteroatoms. The number of imide groups is 1. The first kappa shape index (κ1) is 27.2. The molecule has 3 aromatic rings. The Morgan fingerprint density at radius 2 is 1.61 bits per heavy atom. The second kappa shape index (κ2) is 9.82. The first-order valence-electron chi connectivity index (χ1n) is 10.9. The summed E-state index contributed by atoms with van der Waals surface area (Å²) in [5.41, 5.74) is -5.96. The number of nitrogens with zero attached hydrogens (tertiary/aromatic N) is 4. The lowest BCUT2D eigenvalue weighted by Crippen LogP contribution is -2.43. The minimum absolute atomic E-state index is 0.0201. The number of anilines is 3. The molecule has 3 heterocycles. The van der Waals surface area contributed by atoms with Gasteiger partial charge in [0.25, 0.3) is 5.91 Å². The van der Waals surface area contributed by atoms with Crippen LogP contribution in [0.1, 0.15) is 25.0 Å². The van der Waals surface area contributed by atoms with Crippen LogP contribution in [0.2, 0.25) is 0 Å². The minimum Gasteiger partial charge on any atom is -0.325 e. The molecule has 0 aliphatic carbocycles. The number of urea groups is 1. The Labute approximate surface area is 216 Å². The van der Waals surface area contributed by atoms with Gasteiger partial charge in [-0.15, -0.1) is 0 Å². The fourth-order valence-electron chi connectivity index (χ4n) is 3.72. The third-order valence-corrected chi connectivity index (χ3v) is 6.40. The van der Waals surface area contributed by atoms with Gasteiger partial charge >= 0.3 is 17.7 Å². The van der Waals surface area contributed by atoms with E-state index in [4.69, 9.17) is 0 Å². The Morgan fingerprint density at radius 3 is 2.18 bits per heavy atom. The lowest BCUT2D eigenvalue weighted by Gasteiger charge is -2.27. The van der Waals surface area contributed by atoms with Gasteiger partial charge in [0, 0.05) is 23.8 Å². The van der Waals surface area contributed by atoms with Gasteiger partial charge in [0.05, 0.1) is 11.3 Å². The third kappa shape index (κ3) is 5.85. The van der Waals surface area contributed by atoms with E-state index in [1.54, 1.807) is 26.0 Å². The van der Waals surface area contributed by atoms with Crippen molar-refractivity contribution in [3.63, 3.8) is 0 Å². The van der Waals surface area contributed by atoms with Gasteiger partial charge in [-0.1, -0.05) is 0 Å². The van der Waals surface area contributed by atoms with Crippen LogP contribution in [0.15, 0.2) is 65.8 Å². The van der Waals surface area contributed by atoms with Gasteiger partial charge in [-0.25, -0.2) is 19.7 Å². The molecule has 2 aromatic heterocycles. The van der Waals surface area contributed by atoms with Gasteiger partial charge in [-0.2, -0.15) is 26.3 Å². The van der Waals surface area contributed by atoms with E-state index in [1.165, 1.54) is 35.4 Å². The molecule has 0 bridgehead atoms. The van der Waals surface area contributed by atoms with Crippen LogP contribution in [-0.2, 0) is 17.5 Å². The predicted molar refractivity (Wildman–Crippen MR) is 128 cm³/mol. The molecule has 0 atom stereocenters. The summed E-state index contributed by atoms with van der Waals surface area (Å²) >= 11 is -0.306. The van der Waals surface area contributed by atoms with Crippen LogP contribution in [0, 0.1) is 0 Å². The summed E-state index contributed by atoms with van der Waals surface area (Å²) in [6, 6.07) is 9.43. The summed E-state index contributed by atoms with van der Waals surface area (Å²) in [5.74, 6) is -0.186. The summed E-state index contributed by atoms with van der Waals surface area (Å²) < 4.78 is 76.1. The van der Waals surface area contributed by atoms with Crippen LogP contribution < -0.4 is 10.2 Å². The highest BCUT2D eigenvalue weighted by Crippen LogP contribution is 2.39.